The lowest BCUT2D eigenvalue weighted by Crippen LogP contribution is -2.48. The van der Waals surface area contributed by atoms with Gasteiger partial charge in [0.2, 0.25) is 0 Å². The van der Waals surface area contributed by atoms with E-state index in [4.69, 9.17) is 26.4 Å². The molecule has 1 saturated heterocycles. The van der Waals surface area contributed by atoms with Crippen molar-refractivity contribution in [2.24, 2.45) is 0 Å². The van der Waals surface area contributed by atoms with E-state index < -0.39 is 0 Å². The van der Waals surface area contributed by atoms with E-state index in [-0.39, 0.29) is 11.6 Å². The highest BCUT2D eigenvalue weighted by Gasteiger charge is 2.38. The van der Waals surface area contributed by atoms with Crippen LogP contribution in [0.4, 0.5) is 5.69 Å². The van der Waals surface area contributed by atoms with Crippen LogP contribution in [0.5, 0.6) is 11.5 Å². The minimum Gasteiger partial charge on any atom is -0.494 e. The van der Waals surface area contributed by atoms with E-state index in [9.17, 15) is 0 Å². The van der Waals surface area contributed by atoms with Crippen molar-refractivity contribution in [1.82, 2.24) is 9.80 Å². The van der Waals surface area contributed by atoms with Gasteiger partial charge in [0.1, 0.15) is 17.1 Å². The van der Waals surface area contributed by atoms with Gasteiger partial charge in [-0.15, -0.1) is 0 Å². The molecule has 0 aliphatic carbocycles. The Morgan fingerprint density at radius 3 is 2.71 bits per heavy atom. The van der Waals surface area contributed by atoms with Gasteiger partial charge in [-0.25, -0.2) is 0 Å². The minimum absolute atomic E-state index is 0.0737. The molecule has 0 radical (unpaired) electrons. The molecule has 0 aromatic heterocycles. The van der Waals surface area contributed by atoms with Crippen LogP contribution in [0.15, 0.2) is 42.5 Å². The lowest BCUT2D eigenvalue weighted by atomic mass is 9.88. The molecule has 4 rings (SSSR count). The summed E-state index contributed by atoms with van der Waals surface area (Å²) in [4.78, 5) is 4.81. The zero-order valence-corrected chi connectivity index (χ0v) is 22.3. The molecule has 7 heteroatoms. The molecule has 2 aromatic rings. The fourth-order valence-electron chi connectivity index (χ4n) is 4.87. The Balaban J connectivity index is 1.64. The Bertz CT molecular complexity index is 1010. The fraction of sp³-hybridized carbons (Fsp3) is 0.536. The monoisotopic (exact) mass is 497 g/mol. The zero-order chi connectivity index (χ0) is 24.8. The molecule has 35 heavy (non-hydrogen) atoms. The summed E-state index contributed by atoms with van der Waals surface area (Å²) in [5.41, 5.74) is 3.14. The van der Waals surface area contributed by atoms with Crippen molar-refractivity contribution in [1.29, 1.82) is 0 Å². The Morgan fingerprint density at radius 2 is 1.97 bits per heavy atom. The van der Waals surface area contributed by atoms with E-state index in [1.54, 1.807) is 0 Å². The summed E-state index contributed by atoms with van der Waals surface area (Å²) in [5, 5.41) is 4.28. The predicted molar refractivity (Wildman–Crippen MR) is 146 cm³/mol. The molecule has 2 aliphatic heterocycles. The lowest BCUT2D eigenvalue weighted by molar-refractivity contribution is 0.0266. The molecular weight excluding hydrogens is 458 g/mol. The van der Waals surface area contributed by atoms with Crippen molar-refractivity contribution < 1.29 is 14.2 Å². The third-order valence-electron chi connectivity index (χ3n) is 6.71. The second-order valence-corrected chi connectivity index (χ2v) is 10.2. The summed E-state index contributed by atoms with van der Waals surface area (Å²) in [7, 11) is 0. The number of aryl methyl sites for hydroxylation is 1. The smallest absolute Gasteiger partial charge is 0.173 e. The van der Waals surface area contributed by atoms with Crippen molar-refractivity contribution in [3.63, 3.8) is 0 Å². The maximum absolute atomic E-state index is 6.38. The van der Waals surface area contributed by atoms with Gasteiger partial charge < -0.3 is 24.4 Å². The number of fused-ring (bicyclic) bond motifs is 1. The largest absolute Gasteiger partial charge is 0.494 e. The summed E-state index contributed by atoms with van der Waals surface area (Å²) < 4.78 is 17.8. The van der Waals surface area contributed by atoms with Crippen molar-refractivity contribution >= 4 is 23.0 Å². The number of hydrogen-bond donors (Lipinski definition) is 1. The van der Waals surface area contributed by atoms with Crippen LogP contribution < -0.4 is 14.8 Å². The summed E-state index contributed by atoms with van der Waals surface area (Å²) in [5.74, 6) is 1.77. The summed E-state index contributed by atoms with van der Waals surface area (Å²) in [6.45, 7) is 14.4. The van der Waals surface area contributed by atoms with E-state index >= 15 is 0 Å². The molecule has 190 valence electrons. The first kappa shape index (κ1) is 25.7. The molecule has 0 spiro atoms. The Hall–Kier alpha value is -2.35. The van der Waals surface area contributed by atoms with Crippen LogP contribution in [0.2, 0.25) is 0 Å². The zero-order valence-electron chi connectivity index (χ0n) is 21.5. The molecule has 6 nitrogen and oxygen atoms in total. The molecule has 1 N–H and O–H groups in total. The minimum atomic E-state index is -0.306. The molecule has 0 amide bonds. The quantitative estimate of drug-likeness (QED) is 0.498. The molecule has 2 aromatic carbocycles. The van der Waals surface area contributed by atoms with Gasteiger partial charge in [-0.2, -0.15) is 0 Å². The highest BCUT2D eigenvalue weighted by Crippen LogP contribution is 2.44. The van der Waals surface area contributed by atoms with Crippen molar-refractivity contribution in [2.45, 2.75) is 52.2 Å². The van der Waals surface area contributed by atoms with Crippen LogP contribution in [0.25, 0.3) is 0 Å². The van der Waals surface area contributed by atoms with Gasteiger partial charge in [0, 0.05) is 43.9 Å². The Kier molecular flexibility index (Phi) is 8.52. The highest BCUT2D eigenvalue weighted by molar-refractivity contribution is 7.80. The summed E-state index contributed by atoms with van der Waals surface area (Å²) in [6.07, 6.45) is 1.82. The Labute approximate surface area is 215 Å². The third kappa shape index (κ3) is 6.66. The first-order valence-electron chi connectivity index (χ1n) is 12.8. The van der Waals surface area contributed by atoms with Crippen LogP contribution in [-0.4, -0.2) is 66.5 Å². The van der Waals surface area contributed by atoms with Gasteiger partial charge in [-0.3, -0.25) is 4.90 Å². The average molecular weight is 498 g/mol. The van der Waals surface area contributed by atoms with Crippen molar-refractivity contribution in [3.05, 3.63) is 53.6 Å². The van der Waals surface area contributed by atoms with Gasteiger partial charge >= 0.3 is 0 Å². The number of benzene rings is 2. The number of rotatable bonds is 8. The van der Waals surface area contributed by atoms with Crippen LogP contribution in [0.1, 0.15) is 51.3 Å². The van der Waals surface area contributed by atoms with Gasteiger partial charge in [0.25, 0.3) is 0 Å². The van der Waals surface area contributed by atoms with E-state index in [2.05, 4.69) is 66.2 Å². The van der Waals surface area contributed by atoms with E-state index in [0.717, 1.165) is 80.1 Å². The molecule has 2 aliphatic rings. The number of nitrogens with zero attached hydrogens (tertiary/aromatic N) is 2. The van der Waals surface area contributed by atoms with Crippen LogP contribution in [0.3, 0.4) is 0 Å². The second kappa shape index (κ2) is 11.6. The number of thiocarbonyl (C=S) groups is 1. The first-order chi connectivity index (χ1) is 16.9. The normalized spacial score (nSPS) is 19.4. The summed E-state index contributed by atoms with van der Waals surface area (Å²) >= 11 is 6.07. The van der Waals surface area contributed by atoms with Gasteiger partial charge in [-0.1, -0.05) is 19.1 Å². The first-order valence-corrected chi connectivity index (χ1v) is 13.2. The molecular formula is C28H39N3O3S. The number of anilines is 1. The molecule has 2 heterocycles. The van der Waals surface area contributed by atoms with E-state index in [1.165, 1.54) is 5.56 Å². The molecule has 0 saturated carbocycles. The molecule has 1 fully saturated rings. The SMILES string of the molecule is CCOc1ccc2c(c1)[C@@H](N(CCN1CCOCC1)C(=S)Nc1cccc(CC)c1)CC(C)(C)O2. The van der Waals surface area contributed by atoms with Crippen molar-refractivity contribution in [2.75, 3.05) is 51.3 Å². The van der Waals surface area contributed by atoms with Crippen LogP contribution in [0, 0.1) is 0 Å². The average Bonchev–Trinajstić information content (AvgIpc) is 2.85. The topological polar surface area (TPSA) is 46.2 Å². The third-order valence-corrected chi connectivity index (χ3v) is 7.04. The predicted octanol–water partition coefficient (Wildman–Crippen LogP) is 5.28. The van der Waals surface area contributed by atoms with Gasteiger partial charge in [-0.05, 0) is 75.3 Å². The van der Waals surface area contributed by atoms with Gasteiger partial charge in [0.05, 0.1) is 25.9 Å². The fourth-order valence-corrected chi connectivity index (χ4v) is 5.20. The number of ether oxygens (including phenoxy) is 3. The van der Waals surface area contributed by atoms with Crippen LogP contribution in [-0.2, 0) is 11.2 Å². The van der Waals surface area contributed by atoms with Crippen LogP contribution >= 0.6 is 12.2 Å². The number of morpholine rings is 1. The standard InChI is InChI=1S/C28H39N3O3S/c1-5-21-8-7-9-22(18-21)29-27(35)31(13-12-30-14-16-32-17-15-30)25-20-28(3,4)34-26-11-10-23(33-6-2)19-24(25)26/h7-11,18-19,25H,5-6,12-17,20H2,1-4H3,(H,29,35)/t25-/m0/s1. The highest BCUT2D eigenvalue weighted by atomic mass is 32.1. The van der Waals surface area contributed by atoms with E-state index in [0.29, 0.717) is 6.61 Å². The maximum Gasteiger partial charge on any atom is 0.173 e. The van der Waals surface area contributed by atoms with E-state index in [1.807, 2.05) is 19.1 Å². The molecule has 0 bridgehead atoms. The summed E-state index contributed by atoms with van der Waals surface area (Å²) in [6, 6.07) is 14.7. The Morgan fingerprint density at radius 1 is 1.17 bits per heavy atom. The van der Waals surface area contributed by atoms with Gasteiger partial charge in [0.15, 0.2) is 5.11 Å². The maximum atomic E-state index is 6.38. The molecule has 0 unspecified atom stereocenters. The molecule has 1 atom stereocenters. The number of hydrogen-bond acceptors (Lipinski definition) is 5. The lowest BCUT2D eigenvalue weighted by Gasteiger charge is -2.44. The second-order valence-electron chi connectivity index (χ2n) is 9.85. The van der Waals surface area contributed by atoms with Crippen molar-refractivity contribution in [3.8, 4) is 11.5 Å². The number of nitrogens with one attached hydrogen (secondary N) is 1.